The normalized spacial score (nSPS) is 13.5. The van der Waals surface area contributed by atoms with Crippen molar-refractivity contribution in [3.63, 3.8) is 0 Å². The summed E-state index contributed by atoms with van der Waals surface area (Å²) in [5.74, 6) is 2.09. The van der Waals surface area contributed by atoms with E-state index >= 15 is 0 Å². The van der Waals surface area contributed by atoms with Gasteiger partial charge in [0.25, 0.3) is 5.56 Å². The Morgan fingerprint density at radius 2 is 2.08 bits per heavy atom. The summed E-state index contributed by atoms with van der Waals surface area (Å²) in [5.41, 5.74) is 3.13. The summed E-state index contributed by atoms with van der Waals surface area (Å²) in [6.45, 7) is 1.72. The lowest BCUT2D eigenvalue weighted by Gasteiger charge is -2.16. The van der Waals surface area contributed by atoms with Gasteiger partial charge in [0, 0.05) is 43.0 Å². The number of nitrogens with zero attached hydrogens (tertiary/aromatic N) is 3. The Balaban J connectivity index is 1.47. The summed E-state index contributed by atoms with van der Waals surface area (Å²) < 4.78 is 7.96. The largest absolute Gasteiger partial charge is 0.506 e. The first-order valence-corrected chi connectivity index (χ1v) is 12.9. The Labute approximate surface area is 212 Å². The Morgan fingerprint density at radius 3 is 2.86 bits per heavy atom. The fourth-order valence-electron chi connectivity index (χ4n) is 4.71. The van der Waals surface area contributed by atoms with Crippen molar-refractivity contribution in [2.24, 2.45) is 0 Å². The minimum absolute atomic E-state index is 0.0902. The zero-order chi connectivity index (χ0) is 24.6. The van der Waals surface area contributed by atoms with Gasteiger partial charge >= 0.3 is 0 Å². The van der Waals surface area contributed by atoms with Gasteiger partial charge in [0.2, 0.25) is 0 Å². The molecule has 1 aliphatic rings. The van der Waals surface area contributed by atoms with E-state index in [4.69, 9.17) is 9.72 Å². The van der Waals surface area contributed by atoms with Crippen LogP contribution in [0.1, 0.15) is 29.9 Å². The maximum atomic E-state index is 14.0. The summed E-state index contributed by atoms with van der Waals surface area (Å²) in [6.07, 6.45) is 5.83. The summed E-state index contributed by atoms with van der Waals surface area (Å²) in [7, 11) is 1.67. The number of nitrogens with one attached hydrogen (secondary N) is 1. The fraction of sp³-hybridized carbons (Fsp3) is 0.250. The van der Waals surface area contributed by atoms with Gasteiger partial charge in [0.05, 0.1) is 17.2 Å². The maximum Gasteiger partial charge on any atom is 0.263 e. The number of aromatic nitrogens is 3. The standard InChI is InChI=1S/C28H26N4O3S/c1-35-19-9-10-20(22(14-19)18-7-8-18)26-31-27-24(21-5-2-6-23(33)25(21)36-27)28(34)32(26)13-12-30-16-17-4-3-11-29-15-17/h2-6,9-11,14-15,18,30,33H,7-8,12-13,16H2,1H3. The smallest absolute Gasteiger partial charge is 0.263 e. The number of methoxy groups -OCH3 is 1. The van der Waals surface area contributed by atoms with Crippen LogP contribution in [0.25, 0.3) is 31.7 Å². The molecule has 1 aliphatic carbocycles. The molecule has 8 heteroatoms. The summed E-state index contributed by atoms with van der Waals surface area (Å²) in [5, 5.41) is 15.2. The highest BCUT2D eigenvalue weighted by Gasteiger charge is 2.29. The molecule has 0 aliphatic heterocycles. The molecule has 0 radical (unpaired) electrons. The number of hydrogen-bond donors (Lipinski definition) is 2. The number of thiophene rings is 1. The highest BCUT2D eigenvalue weighted by Crippen LogP contribution is 2.46. The van der Waals surface area contributed by atoms with Crippen molar-refractivity contribution < 1.29 is 9.84 Å². The van der Waals surface area contributed by atoms with Gasteiger partial charge in [-0.25, -0.2) is 4.98 Å². The first-order chi connectivity index (χ1) is 17.6. The second-order valence-corrected chi connectivity index (χ2v) is 10.1. The molecule has 0 spiro atoms. The van der Waals surface area contributed by atoms with Gasteiger partial charge in [0.1, 0.15) is 22.2 Å². The average Bonchev–Trinajstić information content (AvgIpc) is 3.68. The minimum Gasteiger partial charge on any atom is -0.506 e. The summed E-state index contributed by atoms with van der Waals surface area (Å²) >= 11 is 1.36. The van der Waals surface area contributed by atoms with Crippen molar-refractivity contribution in [1.82, 2.24) is 19.9 Å². The molecule has 2 N–H and O–H groups in total. The molecule has 0 bridgehead atoms. The monoisotopic (exact) mass is 498 g/mol. The number of phenolic OH excluding ortho intramolecular Hbond substituents is 1. The van der Waals surface area contributed by atoms with Crippen LogP contribution in [0.5, 0.6) is 11.5 Å². The number of ether oxygens (including phenoxy) is 1. The SMILES string of the molecule is COc1ccc(-c2nc3sc4c(O)cccc4c3c(=O)n2CCNCc2cccnc2)c(C2CC2)c1. The van der Waals surface area contributed by atoms with Crippen LogP contribution < -0.4 is 15.6 Å². The molecule has 182 valence electrons. The zero-order valence-electron chi connectivity index (χ0n) is 19.9. The van der Waals surface area contributed by atoms with E-state index < -0.39 is 0 Å². The third kappa shape index (κ3) is 4.12. The van der Waals surface area contributed by atoms with E-state index in [2.05, 4.69) is 16.4 Å². The number of benzene rings is 2. The molecule has 0 saturated heterocycles. The lowest BCUT2D eigenvalue weighted by Crippen LogP contribution is -2.29. The van der Waals surface area contributed by atoms with E-state index in [0.717, 1.165) is 35.1 Å². The van der Waals surface area contributed by atoms with E-state index in [0.29, 0.717) is 46.3 Å². The van der Waals surface area contributed by atoms with Crippen molar-refractivity contribution in [3.05, 3.63) is 82.4 Å². The van der Waals surface area contributed by atoms with Crippen LogP contribution in [-0.2, 0) is 13.1 Å². The first-order valence-electron chi connectivity index (χ1n) is 12.1. The first kappa shape index (κ1) is 22.7. The van der Waals surface area contributed by atoms with E-state index in [9.17, 15) is 9.90 Å². The van der Waals surface area contributed by atoms with E-state index in [1.807, 2.05) is 36.5 Å². The van der Waals surface area contributed by atoms with Crippen LogP contribution >= 0.6 is 11.3 Å². The number of fused-ring (bicyclic) bond motifs is 3. The zero-order valence-corrected chi connectivity index (χ0v) is 20.7. The molecule has 0 amide bonds. The molecule has 0 unspecified atom stereocenters. The van der Waals surface area contributed by atoms with Crippen molar-refractivity contribution in [2.75, 3.05) is 13.7 Å². The Hall–Kier alpha value is -3.75. The Bertz CT molecular complexity index is 1620. The van der Waals surface area contributed by atoms with Crippen molar-refractivity contribution in [2.45, 2.75) is 31.8 Å². The molecule has 3 aromatic heterocycles. The van der Waals surface area contributed by atoms with Gasteiger partial charge < -0.3 is 15.2 Å². The minimum atomic E-state index is -0.0902. The second kappa shape index (κ2) is 9.37. The third-order valence-corrected chi connectivity index (χ3v) is 7.80. The molecule has 36 heavy (non-hydrogen) atoms. The number of rotatable bonds is 8. The predicted octanol–water partition coefficient (Wildman–Crippen LogP) is 5.05. The fourth-order valence-corrected chi connectivity index (χ4v) is 5.79. The van der Waals surface area contributed by atoms with E-state index in [1.54, 1.807) is 30.0 Å². The van der Waals surface area contributed by atoms with Gasteiger partial charge in [-0.1, -0.05) is 18.2 Å². The van der Waals surface area contributed by atoms with Crippen LogP contribution in [0.2, 0.25) is 0 Å². The molecule has 1 saturated carbocycles. The van der Waals surface area contributed by atoms with E-state index in [-0.39, 0.29) is 11.3 Å². The second-order valence-electron chi connectivity index (χ2n) is 9.09. The molecule has 3 heterocycles. The van der Waals surface area contributed by atoms with Crippen LogP contribution in [0.15, 0.2) is 65.7 Å². The number of aromatic hydroxyl groups is 1. The van der Waals surface area contributed by atoms with Crippen LogP contribution in [0.4, 0.5) is 0 Å². The predicted molar refractivity (Wildman–Crippen MR) is 143 cm³/mol. The lowest BCUT2D eigenvalue weighted by molar-refractivity contribution is 0.414. The lowest BCUT2D eigenvalue weighted by atomic mass is 10.0. The van der Waals surface area contributed by atoms with Crippen LogP contribution in [0, 0.1) is 0 Å². The Kier molecular flexibility index (Phi) is 5.91. The van der Waals surface area contributed by atoms with Crippen molar-refractivity contribution >= 4 is 31.6 Å². The topological polar surface area (TPSA) is 89.3 Å². The van der Waals surface area contributed by atoms with Crippen LogP contribution in [-0.4, -0.2) is 33.3 Å². The Morgan fingerprint density at radius 1 is 1.19 bits per heavy atom. The molecule has 2 aromatic carbocycles. The van der Waals surface area contributed by atoms with Gasteiger partial charge in [-0.2, -0.15) is 0 Å². The molecule has 5 aromatic rings. The van der Waals surface area contributed by atoms with Gasteiger partial charge in [-0.3, -0.25) is 14.3 Å². The molecule has 1 fully saturated rings. The number of hydrogen-bond acceptors (Lipinski definition) is 7. The molecular formula is C28H26N4O3S. The van der Waals surface area contributed by atoms with Crippen LogP contribution in [0.3, 0.4) is 0 Å². The van der Waals surface area contributed by atoms with Gasteiger partial charge in [0.15, 0.2) is 0 Å². The average molecular weight is 499 g/mol. The molecule has 0 atom stereocenters. The summed E-state index contributed by atoms with van der Waals surface area (Å²) in [4.78, 5) is 23.8. The molecular weight excluding hydrogens is 472 g/mol. The quantitative estimate of drug-likeness (QED) is 0.291. The number of phenols is 1. The van der Waals surface area contributed by atoms with E-state index in [1.165, 1.54) is 16.9 Å². The van der Waals surface area contributed by atoms with Crippen molar-refractivity contribution in [3.8, 4) is 22.9 Å². The third-order valence-electron chi connectivity index (χ3n) is 6.68. The number of pyridine rings is 1. The highest BCUT2D eigenvalue weighted by molar-refractivity contribution is 7.25. The summed E-state index contributed by atoms with van der Waals surface area (Å²) in [6, 6.07) is 15.3. The van der Waals surface area contributed by atoms with Gasteiger partial charge in [-0.15, -0.1) is 11.3 Å². The van der Waals surface area contributed by atoms with Crippen molar-refractivity contribution in [1.29, 1.82) is 0 Å². The molecule has 7 nitrogen and oxygen atoms in total. The highest BCUT2D eigenvalue weighted by atomic mass is 32.1. The molecule has 6 rings (SSSR count). The maximum absolute atomic E-state index is 14.0. The van der Waals surface area contributed by atoms with Gasteiger partial charge in [-0.05, 0) is 60.2 Å².